The highest BCUT2D eigenvalue weighted by Crippen LogP contribution is 2.20. The van der Waals surface area contributed by atoms with Crippen LogP contribution < -0.4 is 10.6 Å². The minimum atomic E-state index is -0.0705. The highest BCUT2D eigenvalue weighted by molar-refractivity contribution is 6.31. The van der Waals surface area contributed by atoms with Gasteiger partial charge in [0.05, 0.1) is 0 Å². The number of nitrogens with one attached hydrogen (secondary N) is 1. The molecule has 0 spiro atoms. The van der Waals surface area contributed by atoms with E-state index in [0.29, 0.717) is 17.3 Å². The highest BCUT2D eigenvalue weighted by atomic mass is 35.5. The van der Waals surface area contributed by atoms with Crippen molar-refractivity contribution in [3.05, 3.63) is 63.6 Å². The fraction of sp³-hybridized carbons (Fsp3) is 0.235. The molecule has 2 rings (SSSR count). The summed E-state index contributed by atoms with van der Waals surface area (Å²) in [7, 11) is 0. The Hall–Kier alpha value is -1.55. The van der Waals surface area contributed by atoms with Gasteiger partial charge in [-0.05, 0) is 37.6 Å². The van der Waals surface area contributed by atoms with Crippen molar-refractivity contribution >= 4 is 34.8 Å². The molecule has 0 unspecified atom stereocenters. The zero-order valence-corrected chi connectivity index (χ0v) is 14.1. The van der Waals surface area contributed by atoms with Gasteiger partial charge in [0.25, 0.3) is 5.91 Å². The predicted molar refractivity (Wildman–Crippen MR) is 91.5 cm³/mol. The molecule has 3 nitrogen and oxygen atoms in total. The molecule has 0 aliphatic heterocycles. The van der Waals surface area contributed by atoms with Crippen molar-refractivity contribution in [3.63, 3.8) is 0 Å². The molecule has 0 bridgehead atoms. The SMILES string of the molecule is Cc1ccc(NC(=O)C[NH2+][C@@H](C)c2ccccc2Cl)cc1Cl. The maximum Gasteiger partial charge on any atom is 0.279 e. The van der Waals surface area contributed by atoms with Gasteiger partial charge in [-0.1, -0.05) is 47.5 Å². The largest absolute Gasteiger partial charge is 0.332 e. The van der Waals surface area contributed by atoms with Gasteiger partial charge in [-0.3, -0.25) is 4.79 Å². The molecule has 0 radical (unpaired) electrons. The highest BCUT2D eigenvalue weighted by Gasteiger charge is 2.14. The van der Waals surface area contributed by atoms with E-state index >= 15 is 0 Å². The normalized spacial score (nSPS) is 12.0. The molecule has 0 aliphatic rings. The molecule has 5 heteroatoms. The molecule has 0 aliphatic carbocycles. The number of nitrogens with two attached hydrogens (primary N) is 1. The summed E-state index contributed by atoms with van der Waals surface area (Å²) >= 11 is 12.2. The van der Waals surface area contributed by atoms with Crippen LogP contribution >= 0.6 is 23.2 Å². The van der Waals surface area contributed by atoms with E-state index in [1.54, 1.807) is 6.07 Å². The van der Waals surface area contributed by atoms with Gasteiger partial charge in [0.1, 0.15) is 6.04 Å². The molecule has 1 atom stereocenters. The van der Waals surface area contributed by atoms with Crippen molar-refractivity contribution in [1.82, 2.24) is 0 Å². The summed E-state index contributed by atoms with van der Waals surface area (Å²) in [6.45, 7) is 4.27. The Morgan fingerprint density at radius 3 is 2.59 bits per heavy atom. The number of quaternary nitrogens is 1. The lowest BCUT2D eigenvalue weighted by Crippen LogP contribution is -2.86. The number of carbonyl (C=O) groups is 1. The quantitative estimate of drug-likeness (QED) is 0.860. The maximum atomic E-state index is 12.0. The lowest BCUT2D eigenvalue weighted by atomic mass is 10.1. The van der Waals surface area contributed by atoms with Crippen LogP contribution in [0.3, 0.4) is 0 Å². The van der Waals surface area contributed by atoms with Crippen LogP contribution in [0.1, 0.15) is 24.1 Å². The van der Waals surface area contributed by atoms with Crippen molar-refractivity contribution in [2.24, 2.45) is 0 Å². The number of hydrogen-bond acceptors (Lipinski definition) is 1. The Labute approximate surface area is 140 Å². The van der Waals surface area contributed by atoms with Crippen LogP contribution in [-0.4, -0.2) is 12.5 Å². The summed E-state index contributed by atoms with van der Waals surface area (Å²) < 4.78 is 0. The van der Waals surface area contributed by atoms with Crippen LogP contribution in [0.2, 0.25) is 10.0 Å². The number of rotatable bonds is 5. The lowest BCUT2D eigenvalue weighted by Gasteiger charge is -2.12. The first-order chi connectivity index (χ1) is 10.5. The average Bonchev–Trinajstić information content (AvgIpc) is 2.49. The summed E-state index contributed by atoms with van der Waals surface area (Å²) in [6.07, 6.45) is 0. The van der Waals surface area contributed by atoms with E-state index in [9.17, 15) is 4.79 Å². The summed E-state index contributed by atoms with van der Waals surface area (Å²) in [6, 6.07) is 13.3. The van der Waals surface area contributed by atoms with Gasteiger partial charge < -0.3 is 10.6 Å². The van der Waals surface area contributed by atoms with E-state index < -0.39 is 0 Å². The number of anilines is 1. The molecule has 3 N–H and O–H groups in total. The number of amides is 1. The van der Waals surface area contributed by atoms with Crippen LogP contribution in [0, 0.1) is 6.92 Å². The van der Waals surface area contributed by atoms with E-state index in [-0.39, 0.29) is 11.9 Å². The zero-order valence-electron chi connectivity index (χ0n) is 12.6. The first-order valence-electron chi connectivity index (χ1n) is 7.11. The van der Waals surface area contributed by atoms with Crippen molar-refractivity contribution < 1.29 is 10.1 Å². The third-order valence-electron chi connectivity index (χ3n) is 3.51. The second-order valence-electron chi connectivity index (χ2n) is 5.26. The fourth-order valence-electron chi connectivity index (χ4n) is 2.14. The van der Waals surface area contributed by atoms with Crippen LogP contribution in [0.4, 0.5) is 5.69 Å². The minimum Gasteiger partial charge on any atom is -0.332 e. The van der Waals surface area contributed by atoms with Gasteiger partial charge >= 0.3 is 0 Å². The molecular formula is C17H19Cl2N2O+. The first-order valence-corrected chi connectivity index (χ1v) is 7.86. The Morgan fingerprint density at radius 1 is 1.18 bits per heavy atom. The van der Waals surface area contributed by atoms with Crippen molar-refractivity contribution in [2.45, 2.75) is 19.9 Å². The topological polar surface area (TPSA) is 45.7 Å². The second kappa shape index (κ2) is 7.63. The molecule has 1 amide bonds. The monoisotopic (exact) mass is 337 g/mol. The second-order valence-corrected chi connectivity index (χ2v) is 6.08. The van der Waals surface area contributed by atoms with Crippen LogP contribution in [-0.2, 0) is 4.79 Å². The standard InChI is InChI=1S/C17H18Cl2N2O/c1-11-7-8-13(9-16(11)19)21-17(22)10-20-12(2)14-5-3-4-6-15(14)18/h3-9,12,20H,10H2,1-2H3,(H,21,22)/p+1/t12-/m0/s1. The molecule has 2 aromatic carbocycles. The Morgan fingerprint density at radius 2 is 1.91 bits per heavy atom. The minimum absolute atomic E-state index is 0.0705. The van der Waals surface area contributed by atoms with Gasteiger partial charge in [-0.15, -0.1) is 0 Å². The number of carbonyl (C=O) groups excluding carboxylic acids is 1. The molecule has 0 aromatic heterocycles. The summed E-state index contributed by atoms with van der Waals surface area (Å²) in [5.41, 5.74) is 2.72. The smallest absolute Gasteiger partial charge is 0.279 e. The summed E-state index contributed by atoms with van der Waals surface area (Å²) in [5, 5.41) is 6.16. The predicted octanol–water partition coefficient (Wildman–Crippen LogP) is 3.56. The average molecular weight is 338 g/mol. The Bertz CT molecular complexity index is 673. The van der Waals surface area contributed by atoms with E-state index in [1.807, 2.05) is 55.6 Å². The van der Waals surface area contributed by atoms with Gasteiger partial charge in [-0.2, -0.15) is 0 Å². The molecule has 116 valence electrons. The van der Waals surface area contributed by atoms with Crippen molar-refractivity contribution in [3.8, 4) is 0 Å². The number of halogens is 2. The Balaban J connectivity index is 1.90. The molecule has 0 saturated heterocycles. The zero-order chi connectivity index (χ0) is 16.1. The van der Waals surface area contributed by atoms with Crippen LogP contribution in [0.15, 0.2) is 42.5 Å². The fourth-order valence-corrected chi connectivity index (χ4v) is 2.63. The van der Waals surface area contributed by atoms with Crippen molar-refractivity contribution in [2.75, 3.05) is 11.9 Å². The molecule has 2 aromatic rings. The number of aryl methyl sites for hydroxylation is 1. The van der Waals surface area contributed by atoms with Crippen LogP contribution in [0.5, 0.6) is 0 Å². The summed E-state index contributed by atoms with van der Waals surface area (Å²) in [4.78, 5) is 12.0. The van der Waals surface area contributed by atoms with Gasteiger partial charge in [0, 0.05) is 21.3 Å². The third kappa shape index (κ3) is 4.47. The van der Waals surface area contributed by atoms with Crippen LogP contribution in [0.25, 0.3) is 0 Å². The maximum absolute atomic E-state index is 12.0. The molecule has 0 heterocycles. The Kier molecular flexibility index (Phi) is 5.83. The van der Waals surface area contributed by atoms with Gasteiger partial charge in [-0.25, -0.2) is 0 Å². The first kappa shape index (κ1) is 16.8. The number of hydrogen-bond donors (Lipinski definition) is 2. The van der Waals surface area contributed by atoms with E-state index in [2.05, 4.69) is 5.32 Å². The molecule has 0 fully saturated rings. The molecular weight excluding hydrogens is 319 g/mol. The van der Waals surface area contributed by atoms with Crippen molar-refractivity contribution in [1.29, 1.82) is 0 Å². The third-order valence-corrected chi connectivity index (χ3v) is 4.26. The van der Waals surface area contributed by atoms with Gasteiger partial charge in [0.15, 0.2) is 6.54 Å². The number of benzene rings is 2. The van der Waals surface area contributed by atoms with E-state index in [0.717, 1.165) is 16.1 Å². The molecule has 22 heavy (non-hydrogen) atoms. The van der Waals surface area contributed by atoms with E-state index in [4.69, 9.17) is 23.2 Å². The van der Waals surface area contributed by atoms with E-state index in [1.165, 1.54) is 0 Å². The lowest BCUT2D eigenvalue weighted by molar-refractivity contribution is -0.682. The summed E-state index contributed by atoms with van der Waals surface area (Å²) in [5.74, 6) is -0.0705. The van der Waals surface area contributed by atoms with Gasteiger partial charge in [0.2, 0.25) is 0 Å². The molecule has 0 saturated carbocycles.